The largest absolute Gasteiger partial charge is 0.444 e. The van der Waals surface area contributed by atoms with Crippen LogP contribution >= 0.6 is 0 Å². The highest BCUT2D eigenvalue weighted by atomic mass is 16.6. The molecule has 0 rings (SSSR count). The van der Waals surface area contributed by atoms with Crippen LogP contribution in [0.15, 0.2) is 0 Å². The normalized spacial score (nSPS) is 11.9. The van der Waals surface area contributed by atoms with Crippen molar-refractivity contribution in [3.05, 3.63) is 0 Å². The molecule has 0 radical (unpaired) electrons. The van der Waals surface area contributed by atoms with E-state index in [9.17, 15) is 9.59 Å². The van der Waals surface area contributed by atoms with Gasteiger partial charge in [0.05, 0.1) is 0 Å². The molecule has 0 atom stereocenters. The van der Waals surface area contributed by atoms with Crippen LogP contribution in [0.2, 0.25) is 0 Å². The number of rotatable bonds is 13. The summed E-state index contributed by atoms with van der Waals surface area (Å²) in [7, 11) is 0. The predicted molar refractivity (Wildman–Crippen MR) is 124 cm³/mol. The van der Waals surface area contributed by atoms with Crippen LogP contribution in [-0.2, 0) is 9.47 Å². The van der Waals surface area contributed by atoms with Crippen molar-refractivity contribution in [2.24, 2.45) is 0 Å². The van der Waals surface area contributed by atoms with E-state index in [0.29, 0.717) is 13.1 Å². The van der Waals surface area contributed by atoms with Crippen molar-refractivity contribution >= 4 is 12.2 Å². The Labute approximate surface area is 185 Å². The van der Waals surface area contributed by atoms with E-state index in [-0.39, 0.29) is 12.2 Å². The van der Waals surface area contributed by atoms with Crippen molar-refractivity contribution in [2.45, 2.75) is 118 Å². The van der Waals surface area contributed by atoms with Gasteiger partial charge in [0, 0.05) is 26.2 Å². The van der Waals surface area contributed by atoms with Gasteiger partial charge in [-0.05, 0) is 67.2 Å². The Bertz CT molecular complexity index is 437. The summed E-state index contributed by atoms with van der Waals surface area (Å²) in [6.07, 6.45) is 7.57. The van der Waals surface area contributed by atoms with E-state index in [4.69, 9.17) is 9.47 Å². The summed E-state index contributed by atoms with van der Waals surface area (Å²) in [5, 5.41) is 0. The van der Waals surface area contributed by atoms with E-state index in [1.54, 1.807) is 0 Å². The van der Waals surface area contributed by atoms with Gasteiger partial charge in [-0.25, -0.2) is 9.59 Å². The molecule has 30 heavy (non-hydrogen) atoms. The first-order chi connectivity index (χ1) is 13.9. The monoisotopic (exact) mass is 428 g/mol. The van der Waals surface area contributed by atoms with E-state index in [1.807, 2.05) is 51.3 Å². The molecule has 0 aromatic heterocycles. The maximum atomic E-state index is 12.5. The number of unbranched alkanes of at least 4 members (excludes halogenated alkanes) is 5. The summed E-state index contributed by atoms with van der Waals surface area (Å²) >= 11 is 0. The molecule has 6 nitrogen and oxygen atoms in total. The topological polar surface area (TPSA) is 59.1 Å². The van der Waals surface area contributed by atoms with E-state index < -0.39 is 11.2 Å². The summed E-state index contributed by atoms with van der Waals surface area (Å²) in [6, 6.07) is 0. The molecule has 0 aromatic rings. The Hall–Kier alpha value is -1.46. The van der Waals surface area contributed by atoms with Gasteiger partial charge in [-0.15, -0.1) is 0 Å². The van der Waals surface area contributed by atoms with Crippen molar-refractivity contribution in [1.82, 2.24) is 9.80 Å². The number of nitrogens with zero attached hydrogens (tertiary/aromatic N) is 2. The molecule has 0 unspecified atom stereocenters. The molecular formula is C24H48N2O4. The zero-order valence-corrected chi connectivity index (χ0v) is 21.0. The summed E-state index contributed by atoms with van der Waals surface area (Å²) in [6.45, 7) is 18.4. The van der Waals surface area contributed by atoms with Crippen molar-refractivity contribution in [3.63, 3.8) is 0 Å². The molecule has 0 N–H and O–H groups in total. The Morgan fingerprint density at radius 3 is 1.07 bits per heavy atom. The number of carbonyl (C=O) groups is 2. The molecule has 0 spiro atoms. The van der Waals surface area contributed by atoms with Gasteiger partial charge in [0.1, 0.15) is 11.2 Å². The maximum absolute atomic E-state index is 12.5. The molecular weight excluding hydrogens is 380 g/mol. The molecule has 0 saturated heterocycles. The highest BCUT2D eigenvalue weighted by Crippen LogP contribution is 2.14. The third-order valence-corrected chi connectivity index (χ3v) is 4.47. The Kier molecular flexibility index (Phi) is 13.8. The smallest absolute Gasteiger partial charge is 0.410 e. The fourth-order valence-corrected chi connectivity index (χ4v) is 2.95. The second kappa shape index (κ2) is 14.5. The first kappa shape index (κ1) is 28.5. The first-order valence-electron chi connectivity index (χ1n) is 11.9. The van der Waals surface area contributed by atoms with Crippen molar-refractivity contribution in [3.8, 4) is 0 Å². The molecule has 6 heteroatoms. The fourth-order valence-electron chi connectivity index (χ4n) is 2.95. The molecule has 0 saturated carbocycles. The number of ether oxygens (including phenoxy) is 2. The molecule has 178 valence electrons. The maximum Gasteiger partial charge on any atom is 0.410 e. The van der Waals surface area contributed by atoms with Gasteiger partial charge in [0.15, 0.2) is 0 Å². The number of hydrogen-bond acceptors (Lipinski definition) is 4. The highest BCUT2D eigenvalue weighted by molar-refractivity contribution is 5.68. The van der Waals surface area contributed by atoms with Crippen LogP contribution < -0.4 is 0 Å². The van der Waals surface area contributed by atoms with Gasteiger partial charge in [-0.3, -0.25) is 0 Å². The SMILES string of the molecule is CCCCCN(CCCCN(CCCCC)C(=O)OC(C)(C)C)C(=O)OC(C)(C)C. The number of carbonyl (C=O) groups excluding carboxylic acids is 2. The van der Waals surface area contributed by atoms with Crippen LogP contribution in [0.3, 0.4) is 0 Å². The van der Waals surface area contributed by atoms with Gasteiger partial charge in [-0.1, -0.05) is 39.5 Å². The standard InChI is InChI=1S/C24H48N2O4/c1-9-11-13-17-25(21(27)29-23(3,4)5)19-15-16-20-26(18-14-12-10-2)22(28)30-24(6,7)8/h9-20H2,1-8H3. The van der Waals surface area contributed by atoms with Crippen molar-refractivity contribution in [1.29, 1.82) is 0 Å². The number of hydrogen-bond donors (Lipinski definition) is 0. The van der Waals surface area contributed by atoms with Crippen molar-refractivity contribution < 1.29 is 19.1 Å². The molecule has 0 aromatic carbocycles. The van der Waals surface area contributed by atoms with E-state index in [2.05, 4.69) is 13.8 Å². The molecule has 2 amide bonds. The van der Waals surface area contributed by atoms with Crippen LogP contribution in [0.5, 0.6) is 0 Å². The summed E-state index contributed by atoms with van der Waals surface area (Å²) in [5.41, 5.74) is -0.986. The molecule has 0 heterocycles. The molecule has 0 aliphatic rings. The summed E-state index contributed by atoms with van der Waals surface area (Å²) < 4.78 is 11.1. The average molecular weight is 429 g/mol. The second-order valence-corrected chi connectivity index (χ2v) is 10.1. The Morgan fingerprint density at radius 2 is 0.833 bits per heavy atom. The lowest BCUT2D eigenvalue weighted by molar-refractivity contribution is 0.0206. The quantitative estimate of drug-likeness (QED) is 0.309. The number of amides is 2. The lowest BCUT2D eigenvalue weighted by atomic mass is 10.2. The van der Waals surface area contributed by atoms with Crippen LogP contribution in [-0.4, -0.2) is 59.4 Å². The van der Waals surface area contributed by atoms with Gasteiger partial charge in [0.2, 0.25) is 0 Å². The molecule has 0 fully saturated rings. The third kappa shape index (κ3) is 15.4. The minimum atomic E-state index is -0.493. The van der Waals surface area contributed by atoms with Gasteiger partial charge in [-0.2, -0.15) is 0 Å². The van der Waals surface area contributed by atoms with Crippen LogP contribution in [0.25, 0.3) is 0 Å². The summed E-state index contributed by atoms with van der Waals surface area (Å²) in [4.78, 5) is 28.7. The van der Waals surface area contributed by atoms with E-state index >= 15 is 0 Å². The van der Waals surface area contributed by atoms with E-state index in [0.717, 1.165) is 64.5 Å². The third-order valence-electron chi connectivity index (χ3n) is 4.47. The Morgan fingerprint density at radius 1 is 0.567 bits per heavy atom. The fraction of sp³-hybridized carbons (Fsp3) is 0.917. The minimum absolute atomic E-state index is 0.245. The average Bonchev–Trinajstić information content (AvgIpc) is 2.59. The first-order valence-corrected chi connectivity index (χ1v) is 11.9. The second-order valence-electron chi connectivity index (χ2n) is 10.1. The van der Waals surface area contributed by atoms with Crippen LogP contribution in [0.1, 0.15) is 107 Å². The van der Waals surface area contributed by atoms with Gasteiger partial charge in [0.25, 0.3) is 0 Å². The predicted octanol–water partition coefficient (Wildman–Crippen LogP) is 6.62. The highest BCUT2D eigenvalue weighted by Gasteiger charge is 2.23. The molecule has 0 bridgehead atoms. The van der Waals surface area contributed by atoms with Crippen LogP contribution in [0, 0.1) is 0 Å². The Balaban J connectivity index is 4.71. The zero-order valence-electron chi connectivity index (χ0n) is 21.0. The lowest BCUT2D eigenvalue weighted by Gasteiger charge is -2.29. The summed E-state index contributed by atoms with van der Waals surface area (Å²) in [5.74, 6) is 0. The van der Waals surface area contributed by atoms with E-state index in [1.165, 1.54) is 0 Å². The molecule has 0 aliphatic heterocycles. The van der Waals surface area contributed by atoms with Crippen LogP contribution in [0.4, 0.5) is 9.59 Å². The molecule has 0 aliphatic carbocycles. The van der Waals surface area contributed by atoms with Gasteiger partial charge >= 0.3 is 12.2 Å². The zero-order chi connectivity index (χ0) is 23.2. The lowest BCUT2D eigenvalue weighted by Crippen LogP contribution is -2.39. The minimum Gasteiger partial charge on any atom is -0.444 e. The van der Waals surface area contributed by atoms with Gasteiger partial charge < -0.3 is 19.3 Å². The van der Waals surface area contributed by atoms with Crippen molar-refractivity contribution in [2.75, 3.05) is 26.2 Å².